The second-order valence-corrected chi connectivity index (χ2v) is 6.64. The van der Waals surface area contributed by atoms with Crippen LogP contribution in [0.4, 0.5) is 11.5 Å². The molecule has 0 aromatic carbocycles. The number of nitrogens with zero attached hydrogens (tertiary/aromatic N) is 2. The van der Waals surface area contributed by atoms with Gasteiger partial charge < -0.3 is 15.3 Å². The Morgan fingerprint density at radius 3 is 2.62 bits per heavy atom. The first-order chi connectivity index (χ1) is 10.3. The van der Waals surface area contributed by atoms with Crippen molar-refractivity contribution in [2.24, 2.45) is 5.41 Å². The van der Waals surface area contributed by atoms with E-state index in [9.17, 15) is 5.11 Å². The van der Waals surface area contributed by atoms with Gasteiger partial charge in [-0.1, -0.05) is 19.3 Å². The SMILES string of the molecule is OCC1(CNc2cccnc2N2CCCC2)CCCCC1. The van der Waals surface area contributed by atoms with E-state index in [1.165, 1.54) is 32.1 Å². The zero-order valence-corrected chi connectivity index (χ0v) is 12.9. The van der Waals surface area contributed by atoms with Gasteiger partial charge in [0.15, 0.2) is 5.82 Å². The van der Waals surface area contributed by atoms with E-state index in [2.05, 4.69) is 21.3 Å². The molecule has 2 fully saturated rings. The van der Waals surface area contributed by atoms with Gasteiger partial charge in [-0.2, -0.15) is 0 Å². The van der Waals surface area contributed by atoms with Crippen LogP contribution < -0.4 is 10.2 Å². The van der Waals surface area contributed by atoms with Crippen LogP contribution in [0.15, 0.2) is 18.3 Å². The van der Waals surface area contributed by atoms with Crippen LogP contribution in [0.25, 0.3) is 0 Å². The molecule has 1 aliphatic heterocycles. The Kier molecular flexibility index (Phi) is 4.63. The fraction of sp³-hybridized carbons (Fsp3) is 0.706. The van der Waals surface area contributed by atoms with E-state index in [0.29, 0.717) is 6.61 Å². The van der Waals surface area contributed by atoms with E-state index in [-0.39, 0.29) is 5.41 Å². The first kappa shape index (κ1) is 14.6. The summed E-state index contributed by atoms with van der Waals surface area (Å²) in [4.78, 5) is 6.94. The molecule has 2 aliphatic rings. The maximum absolute atomic E-state index is 9.83. The molecule has 2 heterocycles. The van der Waals surface area contributed by atoms with Crippen LogP contribution in [0.1, 0.15) is 44.9 Å². The fourth-order valence-electron chi connectivity index (χ4n) is 3.69. The Labute approximate surface area is 127 Å². The zero-order chi connectivity index (χ0) is 14.5. The summed E-state index contributed by atoms with van der Waals surface area (Å²) >= 11 is 0. The van der Waals surface area contributed by atoms with Crippen molar-refractivity contribution < 1.29 is 5.11 Å². The Bertz CT molecular complexity index is 451. The normalized spacial score (nSPS) is 21.5. The fourth-order valence-corrected chi connectivity index (χ4v) is 3.69. The maximum Gasteiger partial charge on any atom is 0.151 e. The van der Waals surface area contributed by atoms with E-state index < -0.39 is 0 Å². The smallest absolute Gasteiger partial charge is 0.151 e. The van der Waals surface area contributed by atoms with Crippen LogP contribution in [0.2, 0.25) is 0 Å². The van der Waals surface area contributed by atoms with E-state index in [1.807, 2.05) is 12.3 Å². The summed E-state index contributed by atoms with van der Waals surface area (Å²) < 4.78 is 0. The number of aromatic nitrogens is 1. The number of nitrogens with one attached hydrogen (secondary N) is 1. The molecule has 0 radical (unpaired) electrons. The minimum absolute atomic E-state index is 0.0658. The van der Waals surface area contributed by atoms with Crippen molar-refractivity contribution in [2.75, 3.05) is 36.5 Å². The number of hydrogen-bond donors (Lipinski definition) is 2. The largest absolute Gasteiger partial charge is 0.396 e. The van der Waals surface area contributed by atoms with Gasteiger partial charge >= 0.3 is 0 Å². The lowest BCUT2D eigenvalue weighted by atomic mass is 9.74. The summed E-state index contributed by atoms with van der Waals surface area (Å²) in [5, 5.41) is 13.4. The zero-order valence-electron chi connectivity index (χ0n) is 12.9. The van der Waals surface area contributed by atoms with Gasteiger partial charge in [0.2, 0.25) is 0 Å². The van der Waals surface area contributed by atoms with Crippen molar-refractivity contribution >= 4 is 11.5 Å². The molecule has 0 atom stereocenters. The number of hydrogen-bond acceptors (Lipinski definition) is 4. The predicted octanol–water partition coefficient (Wildman–Crippen LogP) is 3.04. The van der Waals surface area contributed by atoms with Gasteiger partial charge in [-0.25, -0.2) is 4.98 Å². The number of anilines is 2. The maximum atomic E-state index is 9.83. The average Bonchev–Trinajstić information content (AvgIpc) is 3.08. The molecule has 3 rings (SSSR count). The van der Waals surface area contributed by atoms with Gasteiger partial charge in [-0.05, 0) is 37.8 Å². The van der Waals surface area contributed by atoms with Crippen LogP contribution in [-0.4, -0.2) is 36.3 Å². The summed E-state index contributed by atoms with van der Waals surface area (Å²) in [6.07, 6.45) is 10.5. The van der Waals surface area contributed by atoms with Gasteiger partial charge in [-0.3, -0.25) is 0 Å². The van der Waals surface area contributed by atoms with Gasteiger partial charge in [0.25, 0.3) is 0 Å². The Hall–Kier alpha value is -1.29. The van der Waals surface area contributed by atoms with Gasteiger partial charge in [0, 0.05) is 31.2 Å². The highest BCUT2D eigenvalue weighted by molar-refractivity contribution is 5.65. The summed E-state index contributed by atoms with van der Waals surface area (Å²) in [5.74, 6) is 1.08. The third-order valence-corrected chi connectivity index (χ3v) is 5.10. The molecule has 0 bridgehead atoms. The molecule has 4 nitrogen and oxygen atoms in total. The van der Waals surface area contributed by atoms with Crippen LogP contribution in [-0.2, 0) is 0 Å². The lowest BCUT2D eigenvalue weighted by Gasteiger charge is -2.36. The van der Waals surface area contributed by atoms with Crippen molar-refractivity contribution in [3.63, 3.8) is 0 Å². The summed E-state index contributed by atoms with van der Waals surface area (Å²) in [6, 6.07) is 4.11. The lowest BCUT2D eigenvalue weighted by Crippen LogP contribution is -2.36. The van der Waals surface area contributed by atoms with Crippen LogP contribution in [0.5, 0.6) is 0 Å². The van der Waals surface area contributed by atoms with E-state index >= 15 is 0 Å². The Morgan fingerprint density at radius 1 is 1.14 bits per heavy atom. The quantitative estimate of drug-likeness (QED) is 0.875. The highest BCUT2D eigenvalue weighted by atomic mass is 16.3. The van der Waals surface area contributed by atoms with Gasteiger partial charge in [-0.15, -0.1) is 0 Å². The molecule has 1 saturated heterocycles. The molecule has 0 amide bonds. The summed E-state index contributed by atoms with van der Waals surface area (Å²) in [6.45, 7) is 3.36. The van der Waals surface area contributed by atoms with Gasteiger partial charge in [0.05, 0.1) is 12.3 Å². The van der Waals surface area contributed by atoms with E-state index in [1.54, 1.807) is 0 Å². The van der Waals surface area contributed by atoms with Crippen LogP contribution in [0.3, 0.4) is 0 Å². The first-order valence-electron chi connectivity index (χ1n) is 8.38. The summed E-state index contributed by atoms with van der Waals surface area (Å²) in [7, 11) is 0. The van der Waals surface area contributed by atoms with Crippen LogP contribution >= 0.6 is 0 Å². The minimum atomic E-state index is 0.0658. The first-order valence-corrected chi connectivity index (χ1v) is 8.38. The number of aliphatic hydroxyl groups is 1. The topological polar surface area (TPSA) is 48.4 Å². The molecule has 1 aromatic heterocycles. The lowest BCUT2D eigenvalue weighted by molar-refractivity contribution is 0.0944. The van der Waals surface area contributed by atoms with E-state index in [4.69, 9.17) is 0 Å². The second-order valence-electron chi connectivity index (χ2n) is 6.64. The van der Waals surface area contributed by atoms with E-state index in [0.717, 1.165) is 44.0 Å². The monoisotopic (exact) mass is 289 g/mol. The standard InChI is InChI=1S/C17H27N3O/c21-14-17(8-2-1-3-9-17)13-19-15-7-6-10-18-16(15)20-11-4-5-12-20/h6-7,10,19,21H,1-5,8-9,11-14H2. The number of pyridine rings is 1. The highest BCUT2D eigenvalue weighted by Gasteiger charge is 2.31. The predicted molar refractivity (Wildman–Crippen MR) is 86.8 cm³/mol. The van der Waals surface area contributed by atoms with Crippen molar-refractivity contribution in [2.45, 2.75) is 44.9 Å². The van der Waals surface area contributed by atoms with Gasteiger partial charge in [0.1, 0.15) is 0 Å². The highest BCUT2D eigenvalue weighted by Crippen LogP contribution is 2.37. The average molecular weight is 289 g/mol. The number of rotatable bonds is 5. The third-order valence-electron chi connectivity index (χ3n) is 5.10. The molecule has 2 N–H and O–H groups in total. The molecule has 0 unspecified atom stereocenters. The molecule has 4 heteroatoms. The third kappa shape index (κ3) is 3.31. The van der Waals surface area contributed by atoms with Crippen molar-refractivity contribution in [1.29, 1.82) is 0 Å². The number of aliphatic hydroxyl groups excluding tert-OH is 1. The molecule has 1 aliphatic carbocycles. The Morgan fingerprint density at radius 2 is 1.90 bits per heavy atom. The Balaban J connectivity index is 1.69. The van der Waals surface area contributed by atoms with Crippen molar-refractivity contribution in [3.05, 3.63) is 18.3 Å². The second kappa shape index (κ2) is 6.65. The van der Waals surface area contributed by atoms with Crippen molar-refractivity contribution in [1.82, 2.24) is 4.98 Å². The molecule has 1 aromatic rings. The molecule has 116 valence electrons. The summed E-state index contributed by atoms with van der Waals surface area (Å²) in [5.41, 5.74) is 1.19. The molecule has 1 saturated carbocycles. The molecule has 21 heavy (non-hydrogen) atoms. The minimum Gasteiger partial charge on any atom is -0.396 e. The molecule has 0 spiro atoms. The molecular weight excluding hydrogens is 262 g/mol. The molecular formula is C17H27N3O. The van der Waals surface area contributed by atoms with Crippen molar-refractivity contribution in [3.8, 4) is 0 Å². The van der Waals surface area contributed by atoms with Crippen LogP contribution in [0, 0.1) is 5.41 Å².